The fraction of sp³-hybridized carbons (Fsp3) is 0.281. The van der Waals surface area contributed by atoms with Gasteiger partial charge in [0.1, 0.15) is 5.56 Å². The second-order valence-corrected chi connectivity index (χ2v) is 10.4. The van der Waals surface area contributed by atoms with Crippen LogP contribution >= 0.6 is 0 Å². The largest absolute Gasteiger partial charge is 0.331 e. The minimum Gasteiger partial charge on any atom is -0.331 e. The van der Waals surface area contributed by atoms with E-state index in [1.54, 1.807) is 12.1 Å². The van der Waals surface area contributed by atoms with Crippen molar-refractivity contribution in [3.8, 4) is 16.9 Å². The van der Waals surface area contributed by atoms with Crippen LogP contribution in [0.3, 0.4) is 0 Å². The van der Waals surface area contributed by atoms with Crippen molar-refractivity contribution in [2.45, 2.75) is 46.5 Å². The van der Waals surface area contributed by atoms with Gasteiger partial charge in [-0.25, -0.2) is 4.68 Å². The molecular formula is C32H35N3O3. The predicted molar refractivity (Wildman–Crippen MR) is 152 cm³/mol. The molecule has 0 unspecified atom stereocenters. The van der Waals surface area contributed by atoms with Crippen LogP contribution in [0.4, 0.5) is 0 Å². The molecule has 4 rings (SSSR count). The molecule has 0 aliphatic heterocycles. The zero-order valence-corrected chi connectivity index (χ0v) is 22.7. The first-order valence-electron chi connectivity index (χ1n) is 13.1. The van der Waals surface area contributed by atoms with Gasteiger partial charge in [0.2, 0.25) is 0 Å². The number of carbonyl (C=O) groups is 2. The van der Waals surface area contributed by atoms with Gasteiger partial charge in [-0.05, 0) is 48.1 Å². The number of benzene rings is 3. The molecule has 1 aromatic heterocycles. The standard InChI is InChI=1S/C32H35N3O3/c1-6-22-13-11-12-16-26(22)35-31(38)28(29(33-35)23-14-9-8-10-15-23)27(36)21-34(7-2)30(37)24-17-19-25(20-18-24)32(3,4)5/h8-20,33H,6-7,21H2,1-5H3. The topological polar surface area (TPSA) is 75.2 Å². The van der Waals surface area contributed by atoms with E-state index in [2.05, 4.69) is 25.9 Å². The van der Waals surface area contributed by atoms with Crippen LogP contribution in [0.15, 0.2) is 83.7 Å². The zero-order valence-electron chi connectivity index (χ0n) is 22.7. The Labute approximate surface area is 223 Å². The van der Waals surface area contributed by atoms with Crippen LogP contribution in [0.5, 0.6) is 0 Å². The number of Topliss-reactive ketones (excluding diaryl/α,β-unsaturated/α-hetero) is 1. The van der Waals surface area contributed by atoms with E-state index < -0.39 is 11.3 Å². The fourth-order valence-electron chi connectivity index (χ4n) is 4.58. The minimum absolute atomic E-state index is 0.0274. The summed E-state index contributed by atoms with van der Waals surface area (Å²) in [5.74, 6) is -0.644. The molecule has 0 aliphatic carbocycles. The highest BCUT2D eigenvalue weighted by Gasteiger charge is 2.27. The van der Waals surface area contributed by atoms with E-state index in [1.165, 1.54) is 9.58 Å². The molecule has 0 fully saturated rings. The van der Waals surface area contributed by atoms with Crippen LogP contribution in [0, 0.1) is 0 Å². The van der Waals surface area contributed by atoms with E-state index in [9.17, 15) is 14.4 Å². The van der Waals surface area contributed by atoms with Crippen molar-refractivity contribution in [2.24, 2.45) is 0 Å². The number of amides is 1. The number of nitrogens with zero attached hydrogens (tertiary/aromatic N) is 2. The third-order valence-corrected chi connectivity index (χ3v) is 6.85. The van der Waals surface area contributed by atoms with E-state index in [-0.39, 0.29) is 23.4 Å². The van der Waals surface area contributed by atoms with Crippen molar-refractivity contribution in [1.29, 1.82) is 0 Å². The summed E-state index contributed by atoms with van der Waals surface area (Å²) >= 11 is 0. The Bertz CT molecular complexity index is 1490. The fourth-order valence-corrected chi connectivity index (χ4v) is 4.58. The highest BCUT2D eigenvalue weighted by Crippen LogP contribution is 2.24. The Morgan fingerprint density at radius 1 is 0.868 bits per heavy atom. The van der Waals surface area contributed by atoms with Crippen LogP contribution in [0.2, 0.25) is 0 Å². The molecule has 38 heavy (non-hydrogen) atoms. The summed E-state index contributed by atoms with van der Waals surface area (Å²) in [6, 6.07) is 24.5. The molecule has 0 bridgehead atoms. The van der Waals surface area contributed by atoms with E-state index in [4.69, 9.17) is 0 Å². The summed E-state index contributed by atoms with van der Waals surface area (Å²) in [4.78, 5) is 42.3. The van der Waals surface area contributed by atoms with Crippen molar-refractivity contribution in [3.63, 3.8) is 0 Å². The maximum absolute atomic E-state index is 13.7. The molecule has 0 atom stereocenters. The first-order valence-corrected chi connectivity index (χ1v) is 13.1. The number of hydrogen-bond acceptors (Lipinski definition) is 3. The predicted octanol–water partition coefficient (Wildman–Crippen LogP) is 6.04. The first kappa shape index (κ1) is 26.9. The number of H-pyrrole nitrogens is 1. The summed E-state index contributed by atoms with van der Waals surface area (Å²) in [7, 11) is 0. The number of carbonyl (C=O) groups excluding carboxylic acids is 2. The van der Waals surface area contributed by atoms with Gasteiger partial charge in [0.05, 0.1) is 17.9 Å². The van der Waals surface area contributed by atoms with Crippen molar-refractivity contribution in [3.05, 3.63) is 111 Å². The minimum atomic E-state index is -0.423. The molecule has 0 spiro atoms. The van der Waals surface area contributed by atoms with Crippen LogP contribution in [0.1, 0.15) is 66.5 Å². The SMILES string of the molecule is CCc1ccccc1-n1[nH]c(-c2ccccc2)c(C(=O)CN(CC)C(=O)c2ccc(C(C)(C)C)cc2)c1=O. The van der Waals surface area contributed by atoms with Gasteiger partial charge in [-0.1, -0.05) is 88.4 Å². The molecule has 1 amide bonds. The molecule has 6 heteroatoms. The first-order chi connectivity index (χ1) is 18.2. The maximum Gasteiger partial charge on any atom is 0.282 e. The number of nitrogens with one attached hydrogen (secondary N) is 1. The molecule has 4 aromatic rings. The van der Waals surface area contributed by atoms with Crippen LogP contribution in [-0.2, 0) is 11.8 Å². The molecule has 0 radical (unpaired) electrons. The Morgan fingerprint density at radius 2 is 1.50 bits per heavy atom. The smallest absolute Gasteiger partial charge is 0.282 e. The average Bonchev–Trinajstić information content (AvgIpc) is 3.28. The molecule has 1 heterocycles. The van der Waals surface area contributed by atoms with Crippen LogP contribution in [0.25, 0.3) is 16.9 Å². The van der Waals surface area contributed by atoms with Gasteiger partial charge in [-0.3, -0.25) is 19.5 Å². The molecule has 1 N–H and O–H groups in total. The second kappa shape index (κ2) is 11.1. The van der Waals surface area contributed by atoms with Crippen molar-refractivity contribution in [1.82, 2.24) is 14.7 Å². The van der Waals surface area contributed by atoms with Gasteiger partial charge in [0, 0.05) is 17.7 Å². The second-order valence-electron chi connectivity index (χ2n) is 10.4. The quantitative estimate of drug-likeness (QED) is 0.294. The maximum atomic E-state index is 13.7. The number of aromatic amines is 1. The van der Waals surface area contributed by atoms with Crippen LogP contribution < -0.4 is 5.56 Å². The lowest BCUT2D eigenvalue weighted by molar-refractivity contribution is 0.0717. The van der Waals surface area contributed by atoms with Crippen molar-refractivity contribution >= 4 is 11.7 Å². The summed E-state index contributed by atoms with van der Waals surface area (Å²) < 4.78 is 1.44. The number of aromatic nitrogens is 2. The normalized spacial score (nSPS) is 11.4. The van der Waals surface area contributed by atoms with Crippen LogP contribution in [-0.4, -0.2) is 39.5 Å². The molecule has 0 saturated carbocycles. The van der Waals surface area contributed by atoms with Crippen molar-refractivity contribution < 1.29 is 9.59 Å². The van der Waals surface area contributed by atoms with Gasteiger partial charge in [0.15, 0.2) is 5.78 Å². The van der Waals surface area contributed by atoms with Gasteiger partial charge in [-0.15, -0.1) is 0 Å². The van der Waals surface area contributed by atoms with E-state index >= 15 is 0 Å². The summed E-state index contributed by atoms with van der Waals surface area (Å²) in [5, 5.41) is 3.19. The van der Waals surface area contributed by atoms with Gasteiger partial charge >= 0.3 is 0 Å². The summed E-state index contributed by atoms with van der Waals surface area (Å²) in [6.07, 6.45) is 0.734. The number of ketones is 1. The third kappa shape index (κ3) is 5.40. The Hall–Kier alpha value is -4.19. The van der Waals surface area contributed by atoms with E-state index in [0.29, 0.717) is 23.5 Å². The number of likely N-dealkylation sites (N-methyl/N-ethyl adjacent to an activating group) is 1. The number of hydrogen-bond donors (Lipinski definition) is 1. The number of rotatable bonds is 8. The highest BCUT2D eigenvalue weighted by atomic mass is 16.2. The summed E-state index contributed by atoms with van der Waals surface area (Å²) in [5.41, 5.74) is 4.11. The van der Waals surface area contributed by atoms with Gasteiger partial charge < -0.3 is 4.90 Å². The lowest BCUT2D eigenvalue weighted by Crippen LogP contribution is -2.37. The summed E-state index contributed by atoms with van der Waals surface area (Å²) in [6.45, 7) is 10.4. The lowest BCUT2D eigenvalue weighted by atomic mass is 9.86. The third-order valence-electron chi connectivity index (χ3n) is 6.85. The monoisotopic (exact) mass is 509 g/mol. The molecule has 3 aromatic carbocycles. The molecule has 0 saturated heterocycles. The highest BCUT2D eigenvalue weighted by molar-refractivity contribution is 6.05. The number of aryl methyl sites for hydroxylation is 1. The average molecular weight is 510 g/mol. The Balaban J connectivity index is 1.72. The molecule has 0 aliphatic rings. The zero-order chi connectivity index (χ0) is 27.4. The van der Waals surface area contributed by atoms with Gasteiger partial charge in [-0.2, -0.15) is 0 Å². The van der Waals surface area contributed by atoms with Crippen molar-refractivity contribution in [2.75, 3.05) is 13.1 Å². The number of para-hydroxylation sites is 1. The lowest BCUT2D eigenvalue weighted by Gasteiger charge is -2.22. The Kier molecular flexibility index (Phi) is 7.81. The van der Waals surface area contributed by atoms with E-state index in [1.807, 2.05) is 80.6 Å². The van der Waals surface area contributed by atoms with Gasteiger partial charge in [0.25, 0.3) is 11.5 Å². The molecule has 196 valence electrons. The van der Waals surface area contributed by atoms with E-state index in [0.717, 1.165) is 23.1 Å². The molecular weight excluding hydrogens is 474 g/mol. The Morgan fingerprint density at radius 3 is 2.11 bits per heavy atom. The molecule has 6 nitrogen and oxygen atoms in total.